The molecule has 19 heavy (non-hydrogen) atoms. The minimum absolute atomic E-state index is 0.126. The van der Waals surface area contributed by atoms with Gasteiger partial charge in [0, 0.05) is 11.6 Å². The van der Waals surface area contributed by atoms with Crippen LogP contribution in [0.3, 0.4) is 0 Å². The summed E-state index contributed by atoms with van der Waals surface area (Å²) in [6.07, 6.45) is 0.813. The molecule has 1 aromatic rings. The van der Waals surface area contributed by atoms with Crippen LogP contribution in [-0.2, 0) is 20.7 Å². The number of halogens is 1. The van der Waals surface area contributed by atoms with E-state index in [9.17, 15) is 9.59 Å². The smallest absolute Gasteiger partial charge is 0.243 e. The summed E-state index contributed by atoms with van der Waals surface area (Å²) in [6.45, 7) is 0.998. The Labute approximate surface area is 116 Å². The fraction of sp³-hybridized carbons (Fsp3) is 0.385. The van der Waals surface area contributed by atoms with Crippen LogP contribution in [0, 0.1) is 5.92 Å². The Morgan fingerprint density at radius 3 is 2.79 bits per heavy atom. The second-order valence-electron chi connectivity index (χ2n) is 4.37. The van der Waals surface area contributed by atoms with Gasteiger partial charge in [-0.25, -0.2) is 0 Å². The van der Waals surface area contributed by atoms with Crippen molar-refractivity contribution >= 4 is 23.4 Å². The molecule has 5 nitrogen and oxygen atoms in total. The van der Waals surface area contributed by atoms with E-state index in [1.807, 2.05) is 6.07 Å². The van der Waals surface area contributed by atoms with E-state index in [1.54, 1.807) is 18.2 Å². The van der Waals surface area contributed by atoms with E-state index >= 15 is 0 Å². The van der Waals surface area contributed by atoms with Crippen LogP contribution >= 0.6 is 11.6 Å². The lowest BCUT2D eigenvalue weighted by atomic mass is 10.1. The normalized spacial score (nSPS) is 18.1. The third-order valence-electron chi connectivity index (χ3n) is 2.93. The van der Waals surface area contributed by atoms with Crippen molar-refractivity contribution in [2.24, 2.45) is 5.92 Å². The third-order valence-corrected chi connectivity index (χ3v) is 3.30. The zero-order chi connectivity index (χ0) is 13.7. The van der Waals surface area contributed by atoms with Crippen LogP contribution in [0.1, 0.15) is 12.0 Å². The van der Waals surface area contributed by atoms with Crippen molar-refractivity contribution in [2.45, 2.75) is 12.8 Å². The Hall–Kier alpha value is -1.59. The average molecular weight is 283 g/mol. The lowest BCUT2D eigenvalue weighted by Gasteiger charge is -2.10. The first-order valence-corrected chi connectivity index (χ1v) is 6.44. The Balaban J connectivity index is 1.78. The fourth-order valence-corrected chi connectivity index (χ4v) is 2.04. The molecule has 0 radical (unpaired) electrons. The summed E-state index contributed by atoms with van der Waals surface area (Å²) in [4.78, 5) is 23.3. The van der Waals surface area contributed by atoms with Crippen molar-refractivity contribution in [3.05, 3.63) is 34.9 Å². The topological polar surface area (TPSA) is 67.4 Å². The van der Waals surface area contributed by atoms with Crippen LogP contribution in [0.15, 0.2) is 24.3 Å². The van der Waals surface area contributed by atoms with Crippen LogP contribution in [0.2, 0.25) is 5.02 Å². The second kappa shape index (κ2) is 6.54. The standard InChI is InChI=1S/C13H15ClN2O3/c14-11-4-2-1-3-9(11)7-12(17)15-16-13(18)10-5-6-19-8-10/h1-4,10H,5-8H2,(H,15,17)(H,16,18). The minimum Gasteiger partial charge on any atom is -0.381 e. The molecule has 1 aliphatic rings. The summed E-state index contributed by atoms with van der Waals surface area (Å²) in [7, 11) is 0. The molecule has 1 aromatic carbocycles. The molecule has 102 valence electrons. The van der Waals surface area contributed by atoms with E-state index in [2.05, 4.69) is 10.9 Å². The van der Waals surface area contributed by atoms with Crippen molar-refractivity contribution in [3.8, 4) is 0 Å². The summed E-state index contributed by atoms with van der Waals surface area (Å²) in [6, 6.07) is 7.10. The van der Waals surface area contributed by atoms with Crippen molar-refractivity contribution in [2.75, 3.05) is 13.2 Å². The molecule has 0 bridgehead atoms. The number of nitrogens with one attached hydrogen (secondary N) is 2. The van der Waals surface area contributed by atoms with Crippen LogP contribution in [0.25, 0.3) is 0 Å². The SMILES string of the molecule is O=C(Cc1ccccc1Cl)NNC(=O)C1CCOC1. The van der Waals surface area contributed by atoms with Gasteiger partial charge in [-0.2, -0.15) is 0 Å². The summed E-state index contributed by atoms with van der Waals surface area (Å²) in [5.41, 5.74) is 5.51. The van der Waals surface area contributed by atoms with Gasteiger partial charge in [-0.3, -0.25) is 20.4 Å². The fourth-order valence-electron chi connectivity index (χ4n) is 1.83. The number of ether oxygens (including phenoxy) is 1. The van der Waals surface area contributed by atoms with Crippen LogP contribution < -0.4 is 10.9 Å². The van der Waals surface area contributed by atoms with E-state index in [1.165, 1.54) is 0 Å². The molecule has 1 unspecified atom stereocenters. The number of hydrogen-bond acceptors (Lipinski definition) is 3. The maximum Gasteiger partial charge on any atom is 0.243 e. The maximum atomic E-state index is 11.7. The number of benzene rings is 1. The Bertz CT molecular complexity index is 473. The van der Waals surface area contributed by atoms with Gasteiger partial charge in [0.05, 0.1) is 18.9 Å². The minimum atomic E-state index is -0.305. The number of hydrazine groups is 1. The van der Waals surface area contributed by atoms with Gasteiger partial charge in [0.2, 0.25) is 11.8 Å². The summed E-state index contributed by atoms with van der Waals surface area (Å²) in [5, 5.41) is 0.535. The first-order valence-electron chi connectivity index (χ1n) is 6.06. The van der Waals surface area contributed by atoms with Gasteiger partial charge in [0.1, 0.15) is 0 Å². The van der Waals surface area contributed by atoms with Gasteiger partial charge in [0.15, 0.2) is 0 Å². The molecule has 2 N–H and O–H groups in total. The lowest BCUT2D eigenvalue weighted by Crippen LogP contribution is -2.45. The second-order valence-corrected chi connectivity index (χ2v) is 4.77. The Morgan fingerprint density at radius 2 is 2.11 bits per heavy atom. The largest absolute Gasteiger partial charge is 0.381 e. The molecule has 0 saturated carbocycles. The highest BCUT2D eigenvalue weighted by Gasteiger charge is 2.23. The maximum absolute atomic E-state index is 11.7. The molecule has 1 heterocycles. The van der Waals surface area contributed by atoms with E-state index in [-0.39, 0.29) is 24.2 Å². The van der Waals surface area contributed by atoms with Gasteiger partial charge in [-0.15, -0.1) is 0 Å². The molecule has 0 spiro atoms. The molecule has 2 rings (SSSR count). The van der Waals surface area contributed by atoms with E-state index < -0.39 is 0 Å². The molecule has 1 atom stereocenters. The number of hydrogen-bond donors (Lipinski definition) is 2. The predicted molar refractivity (Wildman–Crippen MR) is 70.4 cm³/mol. The van der Waals surface area contributed by atoms with Crippen LogP contribution in [0.5, 0.6) is 0 Å². The van der Waals surface area contributed by atoms with Crippen LogP contribution in [-0.4, -0.2) is 25.0 Å². The van der Waals surface area contributed by atoms with Crippen molar-refractivity contribution in [1.29, 1.82) is 0 Å². The number of amides is 2. The molecule has 1 saturated heterocycles. The highest BCUT2D eigenvalue weighted by Crippen LogP contribution is 2.15. The van der Waals surface area contributed by atoms with Crippen LogP contribution in [0.4, 0.5) is 0 Å². The van der Waals surface area contributed by atoms with Crippen molar-refractivity contribution in [3.63, 3.8) is 0 Å². The summed E-state index contributed by atoms with van der Waals surface area (Å²) < 4.78 is 5.11. The monoisotopic (exact) mass is 282 g/mol. The molecule has 0 aliphatic carbocycles. The van der Waals surface area contributed by atoms with E-state index in [0.29, 0.717) is 24.7 Å². The molecule has 1 aliphatic heterocycles. The highest BCUT2D eigenvalue weighted by atomic mass is 35.5. The molecule has 6 heteroatoms. The molecule has 2 amide bonds. The predicted octanol–water partition coefficient (Wildman–Crippen LogP) is 1.07. The highest BCUT2D eigenvalue weighted by molar-refractivity contribution is 6.31. The number of rotatable bonds is 3. The molecule has 1 fully saturated rings. The van der Waals surface area contributed by atoms with Crippen molar-refractivity contribution < 1.29 is 14.3 Å². The van der Waals surface area contributed by atoms with Gasteiger partial charge in [-0.1, -0.05) is 29.8 Å². The van der Waals surface area contributed by atoms with Gasteiger partial charge < -0.3 is 4.74 Å². The van der Waals surface area contributed by atoms with E-state index in [4.69, 9.17) is 16.3 Å². The molecular formula is C13H15ClN2O3. The first-order chi connectivity index (χ1) is 9.16. The van der Waals surface area contributed by atoms with Crippen molar-refractivity contribution in [1.82, 2.24) is 10.9 Å². The summed E-state index contributed by atoms with van der Waals surface area (Å²) in [5.74, 6) is -0.703. The van der Waals surface area contributed by atoms with Gasteiger partial charge in [0.25, 0.3) is 0 Å². The molecular weight excluding hydrogens is 268 g/mol. The zero-order valence-electron chi connectivity index (χ0n) is 10.3. The van der Waals surface area contributed by atoms with E-state index in [0.717, 1.165) is 5.56 Å². The van der Waals surface area contributed by atoms with Gasteiger partial charge in [-0.05, 0) is 18.1 Å². The number of carbonyl (C=O) groups is 2. The molecule has 0 aromatic heterocycles. The quantitative estimate of drug-likeness (QED) is 0.815. The van der Waals surface area contributed by atoms with Gasteiger partial charge >= 0.3 is 0 Å². The number of carbonyl (C=O) groups excluding carboxylic acids is 2. The summed E-state index contributed by atoms with van der Waals surface area (Å²) >= 11 is 5.95. The first kappa shape index (κ1) is 13.8. The lowest BCUT2D eigenvalue weighted by molar-refractivity contribution is -0.131. The average Bonchev–Trinajstić information content (AvgIpc) is 2.93. The zero-order valence-corrected chi connectivity index (χ0v) is 11.1. The Kier molecular flexibility index (Phi) is 4.76. The third kappa shape index (κ3) is 3.94. The Morgan fingerprint density at radius 1 is 1.32 bits per heavy atom.